The van der Waals surface area contributed by atoms with Crippen LogP contribution < -0.4 is 10.5 Å². The average molecular weight is 217 g/mol. The molecule has 0 saturated heterocycles. The minimum atomic E-state index is -0.0592. The highest BCUT2D eigenvalue weighted by molar-refractivity contribution is 5.78. The number of benzene rings is 1. The van der Waals surface area contributed by atoms with Crippen LogP contribution in [0.3, 0.4) is 0 Å². The van der Waals surface area contributed by atoms with E-state index in [0.29, 0.717) is 0 Å². The van der Waals surface area contributed by atoms with E-state index >= 15 is 0 Å². The van der Waals surface area contributed by atoms with Crippen molar-refractivity contribution in [3.05, 3.63) is 36.7 Å². The molecule has 0 unspecified atom stereocenters. The molecule has 0 bridgehead atoms. The van der Waals surface area contributed by atoms with Gasteiger partial charge in [-0.1, -0.05) is 18.2 Å². The Bertz CT molecular complexity index is 479. The number of nitrogens with one attached hydrogen (secondary N) is 1. The molecule has 0 aliphatic heterocycles. The molecule has 0 aliphatic rings. The van der Waals surface area contributed by atoms with Crippen molar-refractivity contribution in [1.29, 1.82) is 5.41 Å². The van der Waals surface area contributed by atoms with Gasteiger partial charge in [0.05, 0.1) is 5.69 Å². The molecular weight excluding hydrogens is 206 g/mol. The second kappa shape index (κ2) is 4.43. The fourth-order valence-corrected chi connectivity index (χ4v) is 1.16. The highest BCUT2D eigenvalue weighted by Crippen LogP contribution is 2.07. The molecule has 16 heavy (non-hydrogen) atoms. The van der Waals surface area contributed by atoms with Crippen LogP contribution in [0.4, 0.5) is 0 Å². The summed E-state index contributed by atoms with van der Waals surface area (Å²) < 4.78 is 6.67. The van der Waals surface area contributed by atoms with Crippen LogP contribution in [0.2, 0.25) is 0 Å². The van der Waals surface area contributed by atoms with E-state index in [9.17, 15) is 0 Å². The van der Waals surface area contributed by atoms with Gasteiger partial charge in [0, 0.05) is 0 Å². The van der Waals surface area contributed by atoms with Gasteiger partial charge < -0.3 is 10.5 Å². The molecule has 0 spiro atoms. The first-order valence-corrected chi connectivity index (χ1v) is 4.68. The summed E-state index contributed by atoms with van der Waals surface area (Å²) in [5.74, 6) is -0.0592. The number of amidine groups is 1. The van der Waals surface area contributed by atoms with Gasteiger partial charge in [-0.15, -0.1) is 5.10 Å². The number of ether oxygens (including phenoxy) is 1. The molecule has 0 aliphatic carbocycles. The third kappa shape index (κ3) is 2.35. The van der Waals surface area contributed by atoms with Crippen LogP contribution in [0.1, 0.15) is 0 Å². The standard InChI is InChI=1S/C10H11N5O/c11-9(12)6-16-10-13-7-15(14-10)8-4-2-1-3-5-8/h1-5,7H,6H2,(H3,11,12). The zero-order valence-corrected chi connectivity index (χ0v) is 8.50. The first-order chi connectivity index (χ1) is 7.75. The second-order valence-electron chi connectivity index (χ2n) is 3.12. The van der Waals surface area contributed by atoms with E-state index in [0.717, 1.165) is 5.69 Å². The number of hydrogen-bond acceptors (Lipinski definition) is 4. The minimum Gasteiger partial charge on any atom is -0.454 e. The molecule has 0 atom stereocenters. The Labute approximate surface area is 92.2 Å². The number of nitrogens with zero attached hydrogens (tertiary/aromatic N) is 3. The van der Waals surface area contributed by atoms with Gasteiger partial charge in [-0.05, 0) is 12.1 Å². The SMILES string of the molecule is N=C(N)COc1ncn(-c2ccccc2)n1. The Morgan fingerprint density at radius 2 is 2.12 bits per heavy atom. The third-order valence-electron chi connectivity index (χ3n) is 1.85. The molecule has 0 radical (unpaired) electrons. The largest absolute Gasteiger partial charge is 0.454 e. The first-order valence-electron chi connectivity index (χ1n) is 4.68. The molecule has 1 heterocycles. The number of rotatable bonds is 4. The Morgan fingerprint density at radius 1 is 1.38 bits per heavy atom. The first kappa shape index (κ1) is 10.2. The summed E-state index contributed by atoms with van der Waals surface area (Å²) in [7, 11) is 0. The lowest BCUT2D eigenvalue weighted by Crippen LogP contribution is -2.19. The zero-order chi connectivity index (χ0) is 11.4. The number of nitrogens with two attached hydrogens (primary N) is 1. The maximum absolute atomic E-state index is 7.00. The van der Waals surface area contributed by atoms with Crippen molar-refractivity contribution in [2.45, 2.75) is 0 Å². The van der Waals surface area contributed by atoms with E-state index in [1.54, 1.807) is 11.0 Å². The van der Waals surface area contributed by atoms with Crippen molar-refractivity contribution >= 4 is 5.84 Å². The van der Waals surface area contributed by atoms with Crippen LogP contribution in [-0.4, -0.2) is 27.2 Å². The summed E-state index contributed by atoms with van der Waals surface area (Å²) in [6.45, 7) is -0.00119. The third-order valence-corrected chi connectivity index (χ3v) is 1.85. The lowest BCUT2D eigenvalue weighted by Gasteiger charge is -1.99. The van der Waals surface area contributed by atoms with Crippen molar-refractivity contribution in [3.8, 4) is 11.7 Å². The predicted octanol–water partition coefficient (Wildman–Crippen LogP) is 0.582. The van der Waals surface area contributed by atoms with Gasteiger partial charge in [-0.2, -0.15) is 4.98 Å². The predicted molar refractivity (Wildman–Crippen MR) is 58.8 cm³/mol. The topological polar surface area (TPSA) is 89.8 Å². The molecule has 6 heteroatoms. The summed E-state index contributed by atoms with van der Waals surface area (Å²) in [6.07, 6.45) is 1.55. The lowest BCUT2D eigenvalue weighted by atomic mass is 10.3. The summed E-state index contributed by atoms with van der Waals surface area (Å²) >= 11 is 0. The number of para-hydroxylation sites is 1. The van der Waals surface area contributed by atoms with Crippen LogP contribution in [0.15, 0.2) is 36.7 Å². The molecule has 0 amide bonds. The Hall–Kier alpha value is -2.37. The van der Waals surface area contributed by atoms with Gasteiger partial charge in [-0.3, -0.25) is 5.41 Å². The summed E-state index contributed by atoms with van der Waals surface area (Å²) in [6, 6.07) is 9.76. The zero-order valence-electron chi connectivity index (χ0n) is 8.50. The summed E-state index contributed by atoms with van der Waals surface area (Å²) in [4.78, 5) is 3.94. The van der Waals surface area contributed by atoms with Gasteiger partial charge in [0.25, 0.3) is 0 Å². The fraction of sp³-hybridized carbons (Fsp3) is 0.100. The normalized spacial score (nSPS) is 10.0. The van der Waals surface area contributed by atoms with E-state index in [2.05, 4.69) is 10.1 Å². The molecule has 2 aromatic rings. The molecule has 1 aromatic heterocycles. The Balaban J connectivity index is 2.11. The Kier molecular flexibility index (Phi) is 2.81. The molecule has 0 saturated carbocycles. The second-order valence-corrected chi connectivity index (χ2v) is 3.12. The molecular formula is C10H11N5O. The van der Waals surface area contributed by atoms with E-state index in [1.807, 2.05) is 30.3 Å². The van der Waals surface area contributed by atoms with Gasteiger partial charge in [0.1, 0.15) is 18.8 Å². The van der Waals surface area contributed by atoms with Crippen LogP contribution in [0, 0.1) is 5.41 Å². The van der Waals surface area contributed by atoms with E-state index in [-0.39, 0.29) is 18.5 Å². The van der Waals surface area contributed by atoms with E-state index < -0.39 is 0 Å². The quantitative estimate of drug-likeness (QED) is 0.579. The Morgan fingerprint density at radius 3 is 2.81 bits per heavy atom. The van der Waals surface area contributed by atoms with Gasteiger partial charge in [-0.25, -0.2) is 4.68 Å². The molecule has 2 rings (SSSR count). The molecule has 0 fully saturated rings. The van der Waals surface area contributed by atoms with Crippen molar-refractivity contribution in [3.63, 3.8) is 0 Å². The van der Waals surface area contributed by atoms with Crippen molar-refractivity contribution in [2.75, 3.05) is 6.61 Å². The van der Waals surface area contributed by atoms with E-state index in [1.165, 1.54) is 0 Å². The molecule has 1 aromatic carbocycles. The highest BCUT2D eigenvalue weighted by atomic mass is 16.5. The summed E-state index contributed by atoms with van der Waals surface area (Å²) in [5, 5.41) is 11.1. The monoisotopic (exact) mass is 217 g/mol. The fourth-order valence-electron chi connectivity index (χ4n) is 1.16. The van der Waals surface area contributed by atoms with E-state index in [4.69, 9.17) is 15.9 Å². The van der Waals surface area contributed by atoms with Crippen molar-refractivity contribution < 1.29 is 4.74 Å². The summed E-state index contributed by atoms with van der Waals surface area (Å²) in [5.41, 5.74) is 6.05. The van der Waals surface area contributed by atoms with Gasteiger partial charge in [0.2, 0.25) is 0 Å². The highest BCUT2D eigenvalue weighted by Gasteiger charge is 2.03. The van der Waals surface area contributed by atoms with Crippen molar-refractivity contribution in [1.82, 2.24) is 14.8 Å². The van der Waals surface area contributed by atoms with Gasteiger partial charge >= 0.3 is 6.01 Å². The molecule has 6 nitrogen and oxygen atoms in total. The smallest absolute Gasteiger partial charge is 0.336 e. The van der Waals surface area contributed by atoms with Gasteiger partial charge in [0.15, 0.2) is 0 Å². The van der Waals surface area contributed by atoms with Crippen LogP contribution in [0.5, 0.6) is 6.01 Å². The average Bonchev–Trinajstić information content (AvgIpc) is 2.76. The van der Waals surface area contributed by atoms with Crippen molar-refractivity contribution in [2.24, 2.45) is 5.73 Å². The van der Waals surface area contributed by atoms with Crippen LogP contribution in [-0.2, 0) is 0 Å². The number of hydrogen-bond donors (Lipinski definition) is 2. The maximum Gasteiger partial charge on any atom is 0.336 e. The molecule has 82 valence electrons. The minimum absolute atomic E-state index is 0.00119. The van der Waals surface area contributed by atoms with Crippen LogP contribution >= 0.6 is 0 Å². The molecule has 3 N–H and O–H groups in total. The number of aromatic nitrogens is 3. The van der Waals surface area contributed by atoms with Crippen LogP contribution in [0.25, 0.3) is 5.69 Å². The maximum atomic E-state index is 7.00. The lowest BCUT2D eigenvalue weighted by molar-refractivity contribution is 0.343.